The van der Waals surface area contributed by atoms with Crippen molar-refractivity contribution < 1.29 is 0 Å². The van der Waals surface area contributed by atoms with E-state index in [1.807, 2.05) is 24.4 Å². The van der Waals surface area contributed by atoms with Gasteiger partial charge in [-0.2, -0.15) is 4.98 Å². The average molecular weight is 463 g/mol. The van der Waals surface area contributed by atoms with Crippen molar-refractivity contribution in [2.75, 3.05) is 0 Å². The van der Waals surface area contributed by atoms with Crippen LogP contribution in [0.3, 0.4) is 0 Å². The molecule has 4 nitrogen and oxygen atoms in total. The zero-order chi connectivity index (χ0) is 24.2. The van der Waals surface area contributed by atoms with Crippen LogP contribution in [-0.4, -0.2) is 19.1 Å². The van der Waals surface area contributed by atoms with Gasteiger partial charge in [0, 0.05) is 27.7 Å². The Bertz CT molecular complexity index is 1870. The maximum Gasteiger partial charge on any atom is 0.236 e. The second kappa shape index (κ2) is 7.79. The summed E-state index contributed by atoms with van der Waals surface area (Å²) in [5.41, 5.74) is 6.51. The van der Waals surface area contributed by atoms with Gasteiger partial charge < -0.3 is 0 Å². The number of nitrogens with zero attached hydrogens (tertiary/aromatic N) is 4. The first-order valence-electron chi connectivity index (χ1n) is 11.9. The average Bonchev–Trinajstić information content (AvgIpc) is 3.45. The van der Waals surface area contributed by atoms with E-state index in [1.165, 1.54) is 10.8 Å². The summed E-state index contributed by atoms with van der Waals surface area (Å²) in [4.78, 5) is 9.84. The molecule has 0 bridgehead atoms. The van der Waals surface area contributed by atoms with Crippen LogP contribution in [-0.2, 0) is 0 Å². The normalized spacial score (nSPS) is 11.6. The number of hydrogen-bond acceptors (Lipinski definition) is 2. The van der Waals surface area contributed by atoms with Gasteiger partial charge in [-0.1, -0.05) is 73.8 Å². The van der Waals surface area contributed by atoms with Crippen molar-refractivity contribution in [2.45, 2.75) is 0 Å². The standard InChI is InChI=1S/C32H22N4/c1-3-21-13-15-29-25(19-21)26-20-22(4-2)14-16-30(26)35(29)31-17-18-33-32(34-31)36-27-11-7-5-9-23(27)24-10-6-8-12-28(24)36/h3-20H,1-2H2. The quantitative estimate of drug-likeness (QED) is 0.266. The van der Waals surface area contributed by atoms with E-state index in [0.717, 1.165) is 49.8 Å². The van der Waals surface area contributed by atoms with Crippen molar-refractivity contribution >= 4 is 55.8 Å². The van der Waals surface area contributed by atoms with Crippen LogP contribution in [0.25, 0.3) is 67.5 Å². The third kappa shape index (κ3) is 2.88. The van der Waals surface area contributed by atoms with Gasteiger partial charge in [0.1, 0.15) is 5.82 Å². The van der Waals surface area contributed by atoms with Gasteiger partial charge in [-0.3, -0.25) is 9.13 Å². The minimum absolute atomic E-state index is 0.644. The highest BCUT2D eigenvalue weighted by Crippen LogP contribution is 2.34. The van der Waals surface area contributed by atoms with Gasteiger partial charge in [0.05, 0.1) is 22.1 Å². The topological polar surface area (TPSA) is 35.6 Å². The van der Waals surface area contributed by atoms with E-state index in [4.69, 9.17) is 9.97 Å². The fourth-order valence-electron chi connectivity index (χ4n) is 5.27. The van der Waals surface area contributed by atoms with E-state index >= 15 is 0 Å². The molecule has 36 heavy (non-hydrogen) atoms. The van der Waals surface area contributed by atoms with Crippen molar-refractivity contribution in [1.29, 1.82) is 0 Å². The van der Waals surface area contributed by atoms with Gasteiger partial charge in [0.25, 0.3) is 0 Å². The van der Waals surface area contributed by atoms with E-state index in [9.17, 15) is 0 Å². The largest absolute Gasteiger partial charge is 0.294 e. The molecule has 3 aromatic heterocycles. The van der Waals surface area contributed by atoms with E-state index < -0.39 is 0 Å². The molecule has 170 valence electrons. The molecule has 0 fully saturated rings. The molecule has 0 aliphatic rings. The Morgan fingerprint density at radius 2 is 1.08 bits per heavy atom. The maximum absolute atomic E-state index is 5.12. The number of hydrogen-bond donors (Lipinski definition) is 0. The maximum atomic E-state index is 5.12. The fraction of sp³-hybridized carbons (Fsp3) is 0. The lowest BCUT2D eigenvalue weighted by atomic mass is 10.1. The summed E-state index contributed by atoms with van der Waals surface area (Å²) >= 11 is 0. The molecule has 0 atom stereocenters. The summed E-state index contributed by atoms with van der Waals surface area (Å²) in [5.74, 6) is 1.46. The van der Waals surface area contributed by atoms with Gasteiger partial charge in [-0.05, 0) is 53.6 Å². The highest BCUT2D eigenvalue weighted by molar-refractivity contribution is 6.11. The van der Waals surface area contributed by atoms with Gasteiger partial charge in [-0.15, -0.1) is 0 Å². The Morgan fingerprint density at radius 3 is 1.64 bits per heavy atom. The van der Waals surface area contributed by atoms with E-state index in [0.29, 0.717) is 5.95 Å². The first-order valence-corrected chi connectivity index (χ1v) is 11.9. The number of rotatable bonds is 4. The van der Waals surface area contributed by atoms with Gasteiger partial charge in [-0.25, -0.2) is 4.98 Å². The molecule has 0 saturated heterocycles. The van der Waals surface area contributed by atoms with Gasteiger partial charge >= 0.3 is 0 Å². The van der Waals surface area contributed by atoms with Crippen molar-refractivity contribution in [2.24, 2.45) is 0 Å². The highest BCUT2D eigenvalue weighted by atomic mass is 15.2. The van der Waals surface area contributed by atoms with E-state index in [2.05, 4.69) is 107 Å². The van der Waals surface area contributed by atoms with Crippen molar-refractivity contribution in [3.8, 4) is 11.8 Å². The third-order valence-electron chi connectivity index (χ3n) is 6.92. The monoisotopic (exact) mass is 462 g/mol. The summed E-state index contributed by atoms with van der Waals surface area (Å²) in [7, 11) is 0. The zero-order valence-corrected chi connectivity index (χ0v) is 19.6. The summed E-state index contributed by atoms with van der Waals surface area (Å²) in [6, 6.07) is 31.6. The van der Waals surface area contributed by atoms with Gasteiger partial charge in [0.2, 0.25) is 5.95 Å². The fourth-order valence-corrected chi connectivity index (χ4v) is 5.27. The lowest BCUT2D eigenvalue weighted by molar-refractivity contribution is 0.948. The Labute approximate surface area is 208 Å². The number of fused-ring (bicyclic) bond motifs is 6. The Balaban J connectivity index is 1.54. The zero-order valence-electron chi connectivity index (χ0n) is 19.6. The second-order valence-electron chi connectivity index (χ2n) is 8.88. The number of para-hydroxylation sites is 2. The first-order chi connectivity index (χ1) is 17.8. The van der Waals surface area contributed by atoms with Crippen molar-refractivity contribution in [3.63, 3.8) is 0 Å². The SMILES string of the molecule is C=Cc1ccc2c(c1)c1cc(C=C)ccc1n2-c1ccnc(-n2c3ccccc3c3ccccc32)n1. The molecule has 0 radical (unpaired) electrons. The molecule has 0 aliphatic carbocycles. The van der Waals surface area contributed by atoms with Crippen LogP contribution in [0, 0.1) is 0 Å². The molecular formula is C32H22N4. The van der Waals surface area contributed by atoms with Crippen LogP contribution in [0.2, 0.25) is 0 Å². The van der Waals surface area contributed by atoms with Crippen LogP contribution in [0.5, 0.6) is 0 Å². The summed E-state index contributed by atoms with van der Waals surface area (Å²) < 4.78 is 4.36. The smallest absolute Gasteiger partial charge is 0.236 e. The van der Waals surface area contributed by atoms with Crippen LogP contribution < -0.4 is 0 Å². The Morgan fingerprint density at radius 1 is 0.556 bits per heavy atom. The number of aromatic nitrogens is 4. The summed E-state index contributed by atoms with van der Waals surface area (Å²) in [6.07, 6.45) is 5.60. The molecule has 0 spiro atoms. The minimum Gasteiger partial charge on any atom is -0.294 e. The molecule has 7 aromatic rings. The molecule has 7 rings (SSSR count). The minimum atomic E-state index is 0.644. The number of benzene rings is 4. The lowest BCUT2D eigenvalue weighted by Gasteiger charge is -2.10. The molecule has 0 N–H and O–H groups in total. The van der Waals surface area contributed by atoms with Crippen molar-refractivity contribution in [1.82, 2.24) is 19.1 Å². The lowest BCUT2D eigenvalue weighted by Crippen LogP contribution is -2.05. The molecule has 3 heterocycles. The molecule has 0 saturated carbocycles. The molecule has 4 heteroatoms. The Hall–Kier alpha value is -4.96. The summed E-state index contributed by atoms with van der Waals surface area (Å²) in [5, 5.41) is 4.69. The first kappa shape index (κ1) is 20.4. The van der Waals surface area contributed by atoms with Gasteiger partial charge in [0.15, 0.2) is 0 Å². The van der Waals surface area contributed by atoms with Crippen LogP contribution in [0.15, 0.2) is 110 Å². The molecule has 0 unspecified atom stereocenters. The Kier molecular flexibility index (Phi) is 4.42. The van der Waals surface area contributed by atoms with Crippen molar-refractivity contribution in [3.05, 3.63) is 121 Å². The predicted octanol–water partition coefficient (Wildman–Crippen LogP) is 7.96. The summed E-state index contributed by atoms with van der Waals surface area (Å²) in [6.45, 7) is 7.92. The molecular weight excluding hydrogens is 440 g/mol. The molecule has 0 aliphatic heterocycles. The van der Waals surface area contributed by atoms with E-state index in [1.54, 1.807) is 0 Å². The van der Waals surface area contributed by atoms with E-state index in [-0.39, 0.29) is 0 Å². The predicted molar refractivity (Wildman–Crippen MR) is 151 cm³/mol. The highest BCUT2D eigenvalue weighted by Gasteiger charge is 2.17. The van der Waals surface area contributed by atoms with Crippen LogP contribution >= 0.6 is 0 Å². The molecule has 0 amide bonds. The van der Waals surface area contributed by atoms with Crippen LogP contribution in [0.1, 0.15) is 11.1 Å². The third-order valence-corrected chi connectivity index (χ3v) is 6.92. The molecule has 4 aromatic carbocycles. The van der Waals surface area contributed by atoms with Crippen LogP contribution in [0.4, 0.5) is 0 Å². The second-order valence-corrected chi connectivity index (χ2v) is 8.88.